The number of sulfonamides is 2. The maximum absolute atomic E-state index is 13.0. The molecule has 0 atom stereocenters. The Labute approximate surface area is 196 Å². The predicted octanol–water partition coefficient (Wildman–Crippen LogP) is 2.14. The molecule has 33 heavy (non-hydrogen) atoms. The van der Waals surface area contributed by atoms with Crippen molar-refractivity contribution in [2.45, 2.75) is 36.0 Å². The topological polar surface area (TPSA) is 95.1 Å². The number of carbonyl (C=O) groups excluding carboxylic acids is 1. The zero-order valence-corrected chi connectivity index (χ0v) is 21.1. The molecule has 0 unspecified atom stereocenters. The van der Waals surface area contributed by atoms with Gasteiger partial charge in [0.05, 0.1) is 16.3 Å². The summed E-state index contributed by atoms with van der Waals surface area (Å²) in [5.41, 5.74) is 0.974. The molecule has 1 heterocycles. The van der Waals surface area contributed by atoms with Crippen molar-refractivity contribution in [1.29, 1.82) is 0 Å². The second-order valence-corrected chi connectivity index (χ2v) is 13.1. The average molecular weight is 494 g/mol. The molecule has 1 aliphatic rings. The normalized spacial score (nSPS) is 16.2. The van der Waals surface area contributed by atoms with E-state index < -0.39 is 20.0 Å². The second kappa shape index (κ2) is 9.54. The van der Waals surface area contributed by atoms with E-state index in [0.29, 0.717) is 0 Å². The fourth-order valence-corrected chi connectivity index (χ4v) is 6.17. The molecule has 1 fully saturated rings. The molecule has 0 aromatic heterocycles. The van der Waals surface area contributed by atoms with E-state index in [4.69, 9.17) is 0 Å². The summed E-state index contributed by atoms with van der Waals surface area (Å²) in [5, 5.41) is 0. The molecule has 1 aliphatic heterocycles. The van der Waals surface area contributed by atoms with Crippen molar-refractivity contribution in [3.05, 3.63) is 60.2 Å². The van der Waals surface area contributed by atoms with Crippen LogP contribution in [0.2, 0.25) is 0 Å². The van der Waals surface area contributed by atoms with Gasteiger partial charge in [-0.3, -0.25) is 4.79 Å². The van der Waals surface area contributed by atoms with Crippen LogP contribution in [-0.4, -0.2) is 76.0 Å². The van der Waals surface area contributed by atoms with Gasteiger partial charge < -0.3 is 4.90 Å². The summed E-state index contributed by atoms with van der Waals surface area (Å²) in [6.45, 7) is 6.61. The molecule has 2 aromatic rings. The van der Waals surface area contributed by atoms with Crippen LogP contribution in [0.15, 0.2) is 64.4 Å². The van der Waals surface area contributed by atoms with Crippen molar-refractivity contribution in [3.8, 4) is 0 Å². The minimum absolute atomic E-state index is 0.0740. The van der Waals surface area contributed by atoms with E-state index >= 15 is 0 Å². The summed E-state index contributed by atoms with van der Waals surface area (Å²) in [5.74, 6) is -0.358. The third kappa shape index (κ3) is 5.63. The van der Waals surface area contributed by atoms with E-state index in [1.54, 1.807) is 30.3 Å². The lowest BCUT2D eigenvalue weighted by Crippen LogP contribution is -2.52. The maximum atomic E-state index is 13.0. The standard InChI is InChI=1S/C23H31N3O5S2/c1-23(2,3)19-10-12-21(13-11-19)33(30,31)26-16-14-25(15-17-26)22(27)18-24(4)32(28,29)20-8-6-5-7-9-20/h5-13H,14-18H2,1-4H3. The fourth-order valence-electron chi connectivity index (χ4n) is 3.60. The Balaban J connectivity index is 1.61. The zero-order chi connectivity index (χ0) is 24.4. The van der Waals surface area contributed by atoms with E-state index in [2.05, 4.69) is 20.8 Å². The second-order valence-electron chi connectivity index (χ2n) is 9.13. The van der Waals surface area contributed by atoms with Crippen molar-refractivity contribution < 1.29 is 21.6 Å². The van der Waals surface area contributed by atoms with Gasteiger partial charge in [-0.05, 0) is 35.2 Å². The number of amides is 1. The van der Waals surface area contributed by atoms with Gasteiger partial charge in [0.15, 0.2) is 0 Å². The van der Waals surface area contributed by atoms with E-state index in [1.165, 1.54) is 28.4 Å². The number of hydrogen-bond donors (Lipinski definition) is 0. The molecular weight excluding hydrogens is 462 g/mol. The Hall–Kier alpha value is -2.27. The molecule has 8 nitrogen and oxygen atoms in total. The number of piperazine rings is 1. The lowest BCUT2D eigenvalue weighted by molar-refractivity contribution is -0.132. The van der Waals surface area contributed by atoms with Crippen LogP contribution in [0, 0.1) is 0 Å². The Morgan fingerprint density at radius 1 is 0.848 bits per heavy atom. The molecule has 3 rings (SSSR count). The molecule has 0 saturated carbocycles. The van der Waals surface area contributed by atoms with Crippen LogP contribution < -0.4 is 0 Å². The van der Waals surface area contributed by atoms with Crippen LogP contribution in [0.25, 0.3) is 0 Å². The molecule has 10 heteroatoms. The molecule has 0 aliphatic carbocycles. The largest absolute Gasteiger partial charge is 0.339 e. The van der Waals surface area contributed by atoms with Gasteiger partial charge in [-0.2, -0.15) is 8.61 Å². The molecule has 0 N–H and O–H groups in total. The highest BCUT2D eigenvalue weighted by Crippen LogP contribution is 2.25. The van der Waals surface area contributed by atoms with E-state index in [9.17, 15) is 21.6 Å². The maximum Gasteiger partial charge on any atom is 0.243 e. The summed E-state index contributed by atoms with van der Waals surface area (Å²) in [6, 6.07) is 14.8. The first-order valence-electron chi connectivity index (χ1n) is 10.7. The number of likely N-dealkylation sites (N-methyl/N-ethyl adjacent to an activating group) is 1. The highest BCUT2D eigenvalue weighted by Gasteiger charge is 2.32. The first-order chi connectivity index (χ1) is 15.3. The lowest BCUT2D eigenvalue weighted by Gasteiger charge is -2.34. The first-order valence-corrected chi connectivity index (χ1v) is 13.6. The number of carbonyl (C=O) groups is 1. The van der Waals surface area contributed by atoms with Gasteiger partial charge >= 0.3 is 0 Å². The summed E-state index contributed by atoms with van der Waals surface area (Å²) in [6.07, 6.45) is 0. The molecule has 180 valence electrons. The van der Waals surface area contributed by atoms with Gasteiger partial charge in [0.1, 0.15) is 0 Å². The third-order valence-electron chi connectivity index (χ3n) is 5.76. The van der Waals surface area contributed by atoms with Crippen LogP contribution in [0.1, 0.15) is 26.3 Å². The van der Waals surface area contributed by atoms with E-state index in [-0.39, 0.29) is 53.8 Å². The Morgan fingerprint density at radius 2 is 1.39 bits per heavy atom. The van der Waals surface area contributed by atoms with Crippen LogP contribution in [-0.2, 0) is 30.3 Å². The smallest absolute Gasteiger partial charge is 0.243 e. The van der Waals surface area contributed by atoms with Crippen molar-refractivity contribution in [2.24, 2.45) is 0 Å². The van der Waals surface area contributed by atoms with Gasteiger partial charge in [-0.1, -0.05) is 51.1 Å². The minimum atomic E-state index is -3.78. The van der Waals surface area contributed by atoms with Crippen molar-refractivity contribution in [3.63, 3.8) is 0 Å². The predicted molar refractivity (Wildman–Crippen MR) is 127 cm³/mol. The highest BCUT2D eigenvalue weighted by atomic mass is 32.2. The molecule has 0 radical (unpaired) electrons. The van der Waals surface area contributed by atoms with Gasteiger partial charge in [0.25, 0.3) is 0 Å². The average Bonchev–Trinajstić information content (AvgIpc) is 2.79. The third-order valence-corrected chi connectivity index (χ3v) is 9.49. The molecule has 0 bridgehead atoms. The Morgan fingerprint density at radius 3 is 1.91 bits per heavy atom. The summed E-state index contributed by atoms with van der Waals surface area (Å²) < 4.78 is 53.7. The fraction of sp³-hybridized carbons (Fsp3) is 0.435. The number of nitrogens with zero attached hydrogens (tertiary/aromatic N) is 3. The molecular formula is C23H31N3O5S2. The SMILES string of the molecule is CN(CC(=O)N1CCN(S(=O)(=O)c2ccc(C(C)(C)C)cc2)CC1)S(=O)(=O)c1ccccc1. The Bertz CT molecular complexity index is 1180. The minimum Gasteiger partial charge on any atom is -0.339 e. The lowest BCUT2D eigenvalue weighted by atomic mass is 9.87. The van der Waals surface area contributed by atoms with Gasteiger partial charge in [-0.15, -0.1) is 0 Å². The Kier molecular flexibility index (Phi) is 7.33. The van der Waals surface area contributed by atoms with Crippen LogP contribution in [0.5, 0.6) is 0 Å². The van der Waals surface area contributed by atoms with Crippen molar-refractivity contribution in [2.75, 3.05) is 39.8 Å². The molecule has 1 saturated heterocycles. The summed E-state index contributed by atoms with van der Waals surface area (Å²) in [7, 11) is -6.08. The van der Waals surface area contributed by atoms with Gasteiger partial charge in [-0.25, -0.2) is 16.8 Å². The van der Waals surface area contributed by atoms with Gasteiger partial charge in [0, 0.05) is 33.2 Å². The van der Waals surface area contributed by atoms with Crippen molar-refractivity contribution >= 4 is 26.0 Å². The number of rotatable bonds is 6. The van der Waals surface area contributed by atoms with Crippen molar-refractivity contribution in [1.82, 2.24) is 13.5 Å². The molecule has 1 amide bonds. The van der Waals surface area contributed by atoms with Crippen LogP contribution in [0.4, 0.5) is 0 Å². The molecule has 2 aromatic carbocycles. The monoisotopic (exact) mass is 493 g/mol. The zero-order valence-electron chi connectivity index (χ0n) is 19.4. The van der Waals surface area contributed by atoms with Crippen LogP contribution >= 0.6 is 0 Å². The first kappa shape index (κ1) is 25.4. The summed E-state index contributed by atoms with van der Waals surface area (Å²) >= 11 is 0. The number of benzene rings is 2. The summed E-state index contributed by atoms with van der Waals surface area (Å²) in [4.78, 5) is 14.5. The molecule has 0 spiro atoms. The van der Waals surface area contributed by atoms with Crippen LogP contribution in [0.3, 0.4) is 0 Å². The van der Waals surface area contributed by atoms with Gasteiger partial charge in [0.2, 0.25) is 26.0 Å². The quantitative estimate of drug-likeness (QED) is 0.615. The van der Waals surface area contributed by atoms with E-state index in [0.717, 1.165) is 9.87 Å². The van der Waals surface area contributed by atoms with E-state index in [1.807, 2.05) is 12.1 Å². The highest BCUT2D eigenvalue weighted by molar-refractivity contribution is 7.89. The number of hydrogen-bond acceptors (Lipinski definition) is 5.